The van der Waals surface area contributed by atoms with Crippen molar-refractivity contribution in [2.45, 2.75) is 20.3 Å². The van der Waals surface area contributed by atoms with Crippen LogP contribution in [-0.4, -0.2) is 17.6 Å². The summed E-state index contributed by atoms with van der Waals surface area (Å²) in [4.78, 5) is 11.7. The number of carbonyl (C=O) groups excluding carboxylic acids is 1. The van der Waals surface area contributed by atoms with Gasteiger partial charge in [0.25, 0.3) is 0 Å². The Morgan fingerprint density at radius 1 is 1.59 bits per heavy atom. The van der Waals surface area contributed by atoms with Crippen LogP contribution in [-0.2, 0) is 4.79 Å². The van der Waals surface area contributed by atoms with E-state index in [0.29, 0.717) is 12.0 Å². The number of hydrogen-bond acceptors (Lipinski definition) is 2. The fourth-order valence-corrected chi connectivity index (χ4v) is 1.64. The van der Waals surface area contributed by atoms with E-state index in [2.05, 4.69) is 5.32 Å². The van der Waals surface area contributed by atoms with E-state index in [4.69, 9.17) is 16.7 Å². The third kappa shape index (κ3) is 3.41. The second kappa shape index (κ2) is 5.98. The number of aliphatic hydroxyl groups is 1. The Balaban J connectivity index is 2.88. The molecule has 0 aliphatic heterocycles. The van der Waals surface area contributed by atoms with Crippen molar-refractivity contribution >= 4 is 23.2 Å². The van der Waals surface area contributed by atoms with Gasteiger partial charge in [0, 0.05) is 0 Å². The van der Waals surface area contributed by atoms with Crippen molar-refractivity contribution in [3.63, 3.8) is 0 Å². The van der Waals surface area contributed by atoms with Crippen molar-refractivity contribution in [2.75, 3.05) is 11.9 Å². The lowest BCUT2D eigenvalue weighted by atomic mass is 10.1. The molecule has 3 nitrogen and oxygen atoms in total. The predicted molar refractivity (Wildman–Crippen MR) is 65.6 cm³/mol. The first-order valence-electron chi connectivity index (χ1n) is 5.37. The van der Waals surface area contributed by atoms with E-state index in [1.54, 1.807) is 13.8 Å². The van der Waals surface area contributed by atoms with Gasteiger partial charge in [0.05, 0.1) is 23.2 Å². The average molecular weight is 260 g/mol. The maximum Gasteiger partial charge on any atom is 0.229 e. The lowest BCUT2D eigenvalue weighted by molar-refractivity contribution is -0.121. The molecule has 1 aromatic rings. The van der Waals surface area contributed by atoms with Crippen LogP contribution in [0.15, 0.2) is 12.1 Å². The van der Waals surface area contributed by atoms with Crippen molar-refractivity contribution in [3.05, 3.63) is 28.5 Å². The summed E-state index contributed by atoms with van der Waals surface area (Å²) in [6, 6.07) is 2.63. The zero-order chi connectivity index (χ0) is 13.0. The van der Waals surface area contributed by atoms with Crippen molar-refractivity contribution in [1.82, 2.24) is 0 Å². The molecule has 94 valence electrons. The first-order valence-corrected chi connectivity index (χ1v) is 5.74. The molecule has 0 aliphatic carbocycles. The third-order valence-corrected chi connectivity index (χ3v) is 2.90. The van der Waals surface area contributed by atoms with Gasteiger partial charge in [-0.15, -0.1) is 0 Å². The maximum atomic E-state index is 13.3. The van der Waals surface area contributed by atoms with E-state index in [1.807, 2.05) is 0 Å². The smallest absolute Gasteiger partial charge is 0.229 e. The van der Waals surface area contributed by atoms with E-state index >= 15 is 0 Å². The minimum atomic E-state index is -0.504. The summed E-state index contributed by atoms with van der Waals surface area (Å²) >= 11 is 5.89. The molecule has 1 rings (SSSR count). The van der Waals surface area contributed by atoms with Crippen LogP contribution in [0.5, 0.6) is 0 Å². The van der Waals surface area contributed by atoms with Gasteiger partial charge in [-0.25, -0.2) is 4.39 Å². The van der Waals surface area contributed by atoms with Gasteiger partial charge in [-0.05, 0) is 31.0 Å². The molecule has 1 aromatic carbocycles. The Hall–Kier alpha value is -1.13. The highest BCUT2D eigenvalue weighted by atomic mass is 35.5. The maximum absolute atomic E-state index is 13.3. The number of anilines is 1. The molecule has 5 heteroatoms. The van der Waals surface area contributed by atoms with Crippen LogP contribution in [0.1, 0.15) is 18.9 Å². The van der Waals surface area contributed by atoms with Gasteiger partial charge in [-0.1, -0.05) is 18.5 Å². The normalized spacial score (nSPS) is 12.3. The number of aryl methyl sites for hydroxylation is 1. The first kappa shape index (κ1) is 13.9. The van der Waals surface area contributed by atoms with Crippen molar-refractivity contribution in [3.8, 4) is 0 Å². The number of benzene rings is 1. The van der Waals surface area contributed by atoms with E-state index in [0.717, 1.165) is 0 Å². The van der Waals surface area contributed by atoms with Gasteiger partial charge < -0.3 is 10.4 Å². The Bertz CT molecular complexity index is 419. The molecule has 0 aromatic heterocycles. The minimum absolute atomic E-state index is 0.228. The molecule has 0 saturated carbocycles. The standard InChI is InChI=1S/C12H15ClFNO2/c1-3-8(6-16)12(17)15-11-5-10(14)7(2)4-9(11)13/h4-5,8,16H,3,6H2,1-2H3,(H,15,17). The summed E-state index contributed by atoms with van der Waals surface area (Å²) < 4.78 is 13.3. The number of amides is 1. The molecule has 2 N–H and O–H groups in total. The van der Waals surface area contributed by atoms with Crippen molar-refractivity contribution < 1.29 is 14.3 Å². The highest BCUT2D eigenvalue weighted by Crippen LogP contribution is 2.25. The van der Waals surface area contributed by atoms with Gasteiger partial charge in [0.15, 0.2) is 0 Å². The van der Waals surface area contributed by atoms with Gasteiger partial charge in [-0.3, -0.25) is 4.79 Å². The lowest BCUT2D eigenvalue weighted by Crippen LogP contribution is -2.25. The zero-order valence-corrected chi connectivity index (χ0v) is 10.5. The van der Waals surface area contributed by atoms with Crippen molar-refractivity contribution in [1.29, 1.82) is 0 Å². The highest BCUT2D eigenvalue weighted by Gasteiger charge is 2.17. The monoisotopic (exact) mass is 259 g/mol. The molecule has 0 spiro atoms. The lowest BCUT2D eigenvalue weighted by Gasteiger charge is -2.13. The summed E-state index contributed by atoms with van der Waals surface area (Å²) in [6.07, 6.45) is 0.508. The summed E-state index contributed by atoms with van der Waals surface area (Å²) in [5, 5.41) is 11.8. The van der Waals surface area contributed by atoms with Crippen LogP contribution < -0.4 is 5.32 Å². The molecule has 17 heavy (non-hydrogen) atoms. The molecule has 1 unspecified atom stereocenters. The fraction of sp³-hybridized carbons (Fsp3) is 0.417. The topological polar surface area (TPSA) is 49.3 Å². The number of halogens is 2. The largest absolute Gasteiger partial charge is 0.396 e. The Morgan fingerprint density at radius 2 is 2.24 bits per heavy atom. The number of rotatable bonds is 4. The minimum Gasteiger partial charge on any atom is -0.396 e. The van der Waals surface area contributed by atoms with E-state index in [1.165, 1.54) is 12.1 Å². The van der Waals surface area contributed by atoms with E-state index in [-0.39, 0.29) is 23.2 Å². The average Bonchev–Trinajstić information content (AvgIpc) is 2.27. The molecule has 0 saturated heterocycles. The molecule has 1 amide bonds. The number of hydrogen-bond donors (Lipinski definition) is 2. The predicted octanol–water partition coefficient (Wildman–Crippen LogP) is 2.74. The van der Waals surface area contributed by atoms with Crippen LogP contribution in [0, 0.1) is 18.7 Å². The molecule has 0 radical (unpaired) electrons. The first-order chi connectivity index (χ1) is 7.99. The second-order valence-corrected chi connectivity index (χ2v) is 4.27. The van der Waals surface area contributed by atoms with Crippen LogP contribution >= 0.6 is 11.6 Å². The number of carbonyl (C=O) groups is 1. The van der Waals surface area contributed by atoms with E-state index < -0.39 is 11.7 Å². The summed E-state index contributed by atoms with van der Waals surface area (Å²) in [5.74, 6) is -1.29. The van der Waals surface area contributed by atoms with Crippen LogP contribution in [0.4, 0.5) is 10.1 Å². The van der Waals surface area contributed by atoms with Gasteiger partial charge in [0.1, 0.15) is 5.82 Å². The number of aliphatic hydroxyl groups excluding tert-OH is 1. The Labute approximate surface area is 105 Å². The summed E-state index contributed by atoms with van der Waals surface area (Å²) in [6.45, 7) is 3.14. The number of nitrogens with one attached hydrogen (secondary N) is 1. The molecule has 0 fully saturated rings. The summed E-state index contributed by atoms with van der Waals surface area (Å²) in [5.41, 5.74) is 0.647. The Morgan fingerprint density at radius 3 is 2.76 bits per heavy atom. The van der Waals surface area contributed by atoms with Crippen LogP contribution in [0.3, 0.4) is 0 Å². The Kier molecular flexibility index (Phi) is 4.90. The molecule has 0 bridgehead atoms. The highest BCUT2D eigenvalue weighted by molar-refractivity contribution is 6.33. The third-order valence-electron chi connectivity index (χ3n) is 2.59. The summed E-state index contributed by atoms with van der Waals surface area (Å²) in [7, 11) is 0. The van der Waals surface area contributed by atoms with Gasteiger partial charge in [-0.2, -0.15) is 0 Å². The quantitative estimate of drug-likeness (QED) is 0.874. The molecular weight excluding hydrogens is 245 g/mol. The molecule has 1 atom stereocenters. The molecular formula is C12H15ClFNO2. The SMILES string of the molecule is CCC(CO)C(=O)Nc1cc(F)c(C)cc1Cl. The van der Waals surface area contributed by atoms with E-state index in [9.17, 15) is 9.18 Å². The fourth-order valence-electron chi connectivity index (χ4n) is 1.37. The molecule has 0 heterocycles. The van der Waals surface area contributed by atoms with Gasteiger partial charge in [0.2, 0.25) is 5.91 Å². The zero-order valence-electron chi connectivity index (χ0n) is 9.76. The second-order valence-electron chi connectivity index (χ2n) is 3.86. The van der Waals surface area contributed by atoms with Crippen molar-refractivity contribution in [2.24, 2.45) is 5.92 Å². The van der Waals surface area contributed by atoms with Gasteiger partial charge >= 0.3 is 0 Å². The van der Waals surface area contributed by atoms with Crippen LogP contribution in [0.25, 0.3) is 0 Å². The molecule has 0 aliphatic rings. The van der Waals surface area contributed by atoms with Crippen LogP contribution in [0.2, 0.25) is 5.02 Å².